The maximum Gasteiger partial charge on any atom is 0.225 e. The third kappa shape index (κ3) is 1.73. The molecular formula is C11H14N2O2. The summed E-state index contributed by atoms with van der Waals surface area (Å²) in [5.41, 5.74) is 8.30. The van der Waals surface area contributed by atoms with Gasteiger partial charge < -0.3 is 14.9 Å². The van der Waals surface area contributed by atoms with Gasteiger partial charge in [0.05, 0.1) is 0 Å². The molecule has 2 rings (SSSR count). The second-order valence-corrected chi connectivity index (χ2v) is 3.43. The smallest absolute Gasteiger partial charge is 0.225 e. The average molecular weight is 206 g/mol. The molecular weight excluding hydrogens is 192 g/mol. The van der Waals surface area contributed by atoms with Gasteiger partial charge in [-0.05, 0) is 18.6 Å². The number of aromatic nitrogens is 1. The number of ether oxygens (including phenoxy) is 1. The lowest BCUT2D eigenvalue weighted by Crippen LogP contribution is -2.14. The first-order valence-electron chi connectivity index (χ1n) is 4.85. The number of nitrogens with two attached hydrogens (primary N) is 1. The van der Waals surface area contributed by atoms with Crippen molar-refractivity contribution >= 4 is 11.1 Å². The normalized spacial score (nSPS) is 13.3. The summed E-state index contributed by atoms with van der Waals surface area (Å²) in [5, 5.41) is 0. The van der Waals surface area contributed by atoms with Gasteiger partial charge in [0.15, 0.2) is 5.58 Å². The van der Waals surface area contributed by atoms with Crippen LogP contribution in [0.15, 0.2) is 22.6 Å². The first-order chi connectivity index (χ1) is 7.26. The first kappa shape index (κ1) is 10.1. The zero-order valence-corrected chi connectivity index (χ0v) is 8.86. The molecule has 1 atom stereocenters. The number of fused-ring (bicyclic) bond motifs is 1. The molecule has 0 fully saturated rings. The molecule has 0 aliphatic heterocycles. The lowest BCUT2D eigenvalue weighted by molar-refractivity contribution is 0.0878. The number of rotatable bonds is 3. The predicted octanol–water partition coefficient (Wildman–Crippen LogP) is 1.78. The van der Waals surface area contributed by atoms with Crippen LogP contribution < -0.4 is 5.73 Å². The summed E-state index contributed by atoms with van der Waals surface area (Å²) in [7, 11) is 1.60. The number of hydrogen-bond donors (Lipinski definition) is 1. The number of aryl methyl sites for hydroxylation is 1. The Labute approximate surface area is 88.0 Å². The average Bonchev–Trinajstić information content (AvgIpc) is 2.65. The summed E-state index contributed by atoms with van der Waals surface area (Å²) in [6.45, 7) is 2.36. The monoisotopic (exact) mass is 206 g/mol. The SMILES string of the molecule is COC(CN)c1nc2c(C)cccc2o1. The Balaban J connectivity index is 2.51. The van der Waals surface area contributed by atoms with Gasteiger partial charge in [-0.15, -0.1) is 0 Å². The molecule has 1 aromatic heterocycles. The molecule has 1 unspecified atom stereocenters. The van der Waals surface area contributed by atoms with Crippen LogP contribution in [0, 0.1) is 6.92 Å². The van der Waals surface area contributed by atoms with E-state index in [1.54, 1.807) is 7.11 Å². The number of para-hydroxylation sites is 1. The van der Waals surface area contributed by atoms with Crippen LogP contribution >= 0.6 is 0 Å². The van der Waals surface area contributed by atoms with Crippen LogP contribution in [-0.2, 0) is 4.74 Å². The van der Waals surface area contributed by atoms with Gasteiger partial charge in [0.25, 0.3) is 0 Å². The highest BCUT2D eigenvalue weighted by molar-refractivity contribution is 5.76. The molecule has 4 nitrogen and oxygen atoms in total. The second kappa shape index (κ2) is 4.00. The molecule has 0 saturated heterocycles. The van der Waals surface area contributed by atoms with Gasteiger partial charge in [0.2, 0.25) is 5.89 Å². The fourth-order valence-corrected chi connectivity index (χ4v) is 1.54. The molecule has 0 aliphatic rings. The number of benzene rings is 1. The summed E-state index contributed by atoms with van der Waals surface area (Å²) in [5.74, 6) is 0.546. The minimum Gasteiger partial charge on any atom is -0.438 e. The molecule has 80 valence electrons. The Kier molecular flexibility index (Phi) is 2.70. The third-order valence-corrected chi connectivity index (χ3v) is 2.41. The van der Waals surface area contributed by atoms with Crippen LogP contribution in [0.4, 0.5) is 0 Å². The number of nitrogens with zero attached hydrogens (tertiary/aromatic N) is 1. The van der Waals surface area contributed by atoms with Crippen molar-refractivity contribution in [3.05, 3.63) is 29.7 Å². The van der Waals surface area contributed by atoms with Crippen molar-refractivity contribution in [3.8, 4) is 0 Å². The Morgan fingerprint density at radius 3 is 2.93 bits per heavy atom. The number of hydrogen-bond acceptors (Lipinski definition) is 4. The van der Waals surface area contributed by atoms with Gasteiger partial charge in [0.1, 0.15) is 11.6 Å². The first-order valence-corrected chi connectivity index (χ1v) is 4.85. The summed E-state index contributed by atoms with van der Waals surface area (Å²) in [6, 6.07) is 5.83. The highest BCUT2D eigenvalue weighted by Crippen LogP contribution is 2.23. The van der Waals surface area contributed by atoms with Crippen LogP contribution in [-0.4, -0.2) is 18.6 Å². The van der Waals surface area contributed by atoms with Gasteiger partial charge in [-0.2, -0.15) is 0 Å². The fraction of sp³-hybridized carbons (Fsp3) is 0.364. The van der Waals surface area contributed by atoms with Gasteiger partial charge in [0, 0.05) is 13.7 Å². The zero-order chi connectivity index (χ0) is 10.8. The topological polar surface area (TPSA) is 61.3 Å². The largest absolute Gasteiger partial charge is 0.438 e. The summed E-state index contributed by atoms with van der Waals surface area (Å²) >= 11 is 0. The molecule has 0 amide bonds. The maximum absolute atomic E-state index is 5.58. The van der Waals surface area contributed by atoms with Crippen molar-refractivity contribution in [2.45, 2.75) is 13.0 Å². The van der Waals surface area contributed by atoms with Crippen LogP contribution in [0.2, 0.25) is 0 Å². The van der Waals surface area contributed by atoms with E-state index < -0.39 is 0 Å². The van der Waals surface area contributed by atoms with Crippen LogP contribution in [0.1, 0.15) is 17.6 Å². The molecule has 1 aromatic carbocycles. The van der Waals surface area contributed by atoms with Crippen molar-refractivity contribution in [3.63, 3.8) is 0 Å². The van der Waals surface area contributed by atoms with E-state index in [4.69, 9.17) is 14.9 Å². The molecule has 2 N–H and O–H groups in total. The highest BCUT2D eigenvalue weighted by atomic mass is 16.5. The van der Waals surface area contributed by atoms with Gasteiger partial charge in [-0.3, -0.25) is 0 Å². The minimum absolute atomic E-state index is 0.267. The summed E-state index contributed by atoms with van der Waals surface area (Å²) in [6.07, 6.45) is -0.267. The Morgan fingerprint density at radius 1 is 1.53 bits per heavy atom. The van der Waals surface area contributed by atoms with E-state index in [1.807, 2.05) is 25.1 Å². The Morgan fingerprint density at radius 2 is 2.33 bits per heavy atom. The van der Waals surface area contributed by atoms with Gasteiger partial charge >= 0.3 is 0 Å². The highest BCUT2D eigenvalue weighted by Gasteiger charge is 2.16. The lowest BCUT2D eigenvalue weighted by Gasteiger charge is -2.06. The fourth-order valence-electron chi connectivity index (χ4n) is 1.54. The molecule has 4 heteroatoms. The quantitative estimate of drug-likeness (QED) is 0.831. The van der Waals surface area contributed by atoms with Crippen molar-refractivity contribution in [2.24, 2.45) is 5.73 Å². The Bertz CT molecular complexity index is 461. The van der Waals surface area contributed by atoms with Crippen molar-refractivity contribution in [2.75, 3.05) is 13.7 Å². The molecule has 0 spiro atoms. The molecule has 2 aromatic rings. The standard InChI is InChI=1S/C11H14N2O2/c1-7-4-3-5-8-10(7)13-11(15-8)9(6-12)14-2/h3-5,9H,6,12H2,1-2H3. The molecule has 1 heterocycles. The third-order valence-electron chi connectivity index (χ3n) is 2.41. The van der Waals surface area contributed by atoms with Gasteiger partial charge in [-0.25, -0.2) is 4.98 Å². The molecule has 0 aliphatic carbocycles. The van der Waals surface area contributed by atoms with Crippen LogP contribution in [0.5, 0.6) is 0 Å². The maximum atomic E-state index is 5.58. The molecule has 0 saturated carbocycles. The van der Waals surface area contributed by atoms with E-state index >= 15 is 0 Å². The van der Waals surface area contributed by atoms with Crippen LogP contribution in [0.3, 0.4) is 0 Å². The van der Waals surface area contributed by atoms with E-state index in [0.717, 1.165) is 16.7 Å². The zero-order valence-electron chi connectivity index (χ0n) is 8.86. The molecule has 0 radical (unpaired) electrons. The van der Waals surface area contributed by atoms with E-state index in [1.165, 1.54) is 0 Å². The van der Waals surface area contributed by atoms with E-state index in [-0.39, 0.29) is 6.10 Å². The van der Waals surface area contributed by atoms with E-state index in [0.29, 0.717) is 12.4 Å². The van der Waals surface area contributed by atoms with Crippen molar-refractivity contribution < 1.29 is 9.15 Å². The minimum atomic E-state index is -0.267. The van der Waals surface area contributed by atoms with Crippen molar-refractivity contribution in [1.29, 1.82) is 0 Å². The molecule has 15 heavy (non-hydrogen) atoms. The summed E-state index contributed by atoms with van der Waals surface area (Å²) < 4.78 is 10.8. The van der Waals surface area contributed by atoms with Gasteiger partial charge in [-0.1, -0.05) is 12.1 Å². The number of oxazole rings is 1. The lowest BCUT2D eigenvalue weighted by atomic mass is 10.2. The van der Waals surface area contributed by atoms with Crippen molar-refractivity contribution in [1.82, 2.24) is 4.98 Å². The molecule has 0 bridgehead atoms. The van der Waals surface area contributed by atoms with E-state index in [9.17, 15) is 0 Å². The summed E-state index contributed by atoms with van der Waals surface area (Å²) in [4.78, 5) is 4.38. The number of methoxy groups -OCH3 is 1. The second-order valence-electron chi connectivity index (χ2n) is 3.43. The van der Waals surface area contributed by atoms with Crippen LogP contribution in [0.25, 0.3) is 11.1 Å². The predicted molar refractivity (Wildman–Crippen MR) is 57.6 cm³/mol. The Hall–Kier alpha value is -1.39. The van der Waals surface area contributed by atoms with E-state index in [2.05, 4.69) is 4.98 Å².